The van der Waals surface area contributed by atoms with Crippen molar-refractivity contribution in [3.63, 3.8) is 0 Å². The number of hydrogen-bond donors (Lipinski definition) is 2. The minimum absolute atomic E-state index is 0.290. The average Bonchev–Trinajstić information content (AvgIpc) is 2.67. The van der Waals surface area contributed by atoms with E-state index < -0.39 is 17.9 Å². The predicted molar refractivity (Wildman–Crippen MR) is 66.0 cm³/mol. The van der Waals surface area contributed by atoms with Crippen LogP contribution >= 0.6 is 0 Å². The molecule has 0 saturated heterocycles. The van der Waals surface area contributed by atoms with Gasteiger partial charge in [-0.05, 0) is 26.7 Å². The zero-order chi connectivity index (χ0) is 14.4. The van der Waals surface area contributed by atoms with Gasteiger partial charge in [-0.15, -0.1) is 0 Å². The molecule has 1 heterocycles. The number of carboxylic acids is 1. The van der Waals surface area contributed by atoms with E-state index in [2.05, 4.69) is 10.5 Å². The maximum absolute atomic E-state index is 12.0. The second-order valence-electron chi connectivity index (χ2n) is 4.20. The van der Waals surface area contributed by atoms with Gasteiger partial charge in [-0.25, -0.2) is 4.79 Å². The zero-order valence-corrected chi connectivity index (χ0v) is 11.2. The van der Waals surface area contributed by atoms with Crippen LogP contribution in [0.5, 0.6) is 0 Å². The van der Waals surface area contributed by atoms with Crippen molar-refractivity contribution < 1.29 is 24.0 Å². The second-order valence-corrected chi connectivity index (χ2v) is 4.20. The fourth-order valence-corrected chi connectivity index (χ4v) is 1.73. The number of carbonyl (C=O) groups excluding carboxylic acids is 1. The molecule has 7 nitrogen and oxygen atoms in total. The molecule has 0 aliphatic heterocycles. The van der Waals surface area contributed by atoms with Crippen LogP contribution in [0, 0.1) is 13.8 Å². The molecular formula is C12H18N2O5. The van der Waals surface area contributed by atoms with Crippen LogP contribution in [-0.2, 0) is 9.53 Å². The third kappa shape index (κ3) is 4.06. The highest BCUT2D eigenvalue weighted by atomic mass is 16.5. The van der Waals surface area contributed by atoms with Crippen molar-refractivity contribution in [2.45, 2.75) is 32.7 Å². The van der Waals surface area contributed by atoms with Crippen molar-refractivity contribution in [1.29, 1.82) is 0 Å². The summed E-state index contributed by atoms with van der Waals surface area (Å²) in [6.45, 7) is 3.69. The first kappa shape index (κ1) is 15.2. The number of carbonyl (C=O) groups is 2. The Morgan fingerprint density at radius 3 is 2.63 bits per heavy atom. The molecule has 0 saturated carbocycles. The molecule has 1 amide bonds. The maximum Gasteiger partial charge on any atom is 0.326 e. The Kier molecular flexibility index (Phi) is 5.50. The number of methoxy groups -OCH3 is 1. The van der Waals surface area contributed by atoms with Gasteiger partial charge in [0.15, 0.2) is 0 Å². The molecule has 0 radical (unpaired) electrons. The average molecular weight is 270 g/mol. The van der Waals surface area contributed by atoms with E-state index in [0.29, 0.717) is 30.9 Å². The summed E-state index contributed by atoms with van der Waals surface area (Å²) in [7, 11) is 1.54. The molecule has 0 aliphatic rings. The van der Waals surface area contributed by atoms with Gasteiger partial charge in [0.05, 0.1) is 5.69 Å². The monoisotopic (exact) mass is 270 g/mol. The number of ether oxygens (including phenoxy) is 1. The Bertz CT molecular complexity index is 435. The molecule has 0 aromatic carbocycles. The van der Waals surface area contributed by atoms with E-state index in [1.54, 1.807) is 13.8 Å². The number of aryl methyl sites for hydroxylation is 2. The van der Waals surface area contributed by atoms with Crippen LogP contribution in [0.15, 0.2) is 4.52 Å². The quantitative estimate of drug-likeness (QED) is 0.714. The molecule has 7 heteroatoms. The van der Waals surface area contributed by atoms with Crippen molar-refractivity contribution in [3.8, 4) is 0 Å². The van der Waals surface area contributed by atoms with E-state index in [1.807, 2.05) is 0 Å². The number of aromatic nitrogens is 1. The van der Waals surface area contributed by atoms with Gasteiger partial charge < -0.3 is 19.7 Å². The minimum Gasteiger partial charge on any atom is -0.480 e. The van der Waals surface area contributed by atoms with E-state index in [-0.39, 0.29) is 5.56 Å². The summed E-state index contributed by atoms with van der Waals surface area (Å²) in [6.07, 6.45) is 0.855. The number of amides is 1. The van der Waals surface area contributed by atoms with Crippen LogP contribution in [0.3, 0.4) is 0 Å². The normalized spacial score (nSPS) is 12.2. The van der Waals surface area contributed by atoms with Gasteiger partial charge in [0.25, 0.3) is 5.91 Å². The Labute approximate surface area is 110 Å². The number of rotatable bonds is 7. The van der Waals surface area contributed by atoms with Crippen LogP contribution in [0.1, 0.15) is 34.7 Å². The summed E-state index contributed by atoms with van der Waals surface area (Å²) in [5, 5.41) is 15.2. The van der Waals surface area contributed by atoms with Crippen LogP contribution in [0.2, 0.25) is 0 Å². The highest BCUT2D eigenvalue weighted by Crippen LogP contribution is 2.12. The molecule has 1 unspecified atom stereocenters. The predicted octanol–water partition coefficient (Wildman–Crippen LogP) is 0.901. The van der Waals surface area contributed by atoms with Gasteiger partial charge in [0.1, 0.15) is 17.4 Å². The molecule has 1 rings (SSSR count). The molecular weight excluding hydrogens is 252 g/mol. The lowest BCUT2D eigenvalue weighted by atomic mass is 10.1. The molecule has 0 fully saturated rings. The number of nitrogens with zero attached hydrogens (tertiary/aromatic N) is 1. The Morgan fingerprint density at radius 2 is 2.16 bits per heavy atom. The molecule has 106 valence electrons. The van der Waals surface area contributed by atoms with Crippen LogP contribution in [-0.4, -0.2) is 41.9 Å². The lowest BCUT2D eigenvalue weighted by molar-refractivity contribution is -0.139. The fraction of sp³-hybridized carbons (Fsp3) is 0.583. The van der Waals surface area contributed by atoms with Crippen molar-refractivity contribution in [2.24, 2.45) is 0 Å². The number of aliphatic carboxylic acids is 1. The molecule has 1 aromatic rings. The molecule has 1 atom stereocenters. The largest absolute Gasteiger partial charge is 0.480 e. The van der Waals surface area contributed by atoms with E-state index >= 15 is 0 Å². The van der Waals surface area contributed by atoms with Crippen LogP contribution in [0.25, 0.3) is 0 Å². The lowest BCUT2D eigenvalue weighted by Gasteiger charge is -2.14. The number of carboxylic acid groups (broad SMARTS) is 1. The zero-order valence-electron chi connectivity index (χ0n) is 11.2. The summed E-state index contributed by atoms with van der Waals surface area (Å²) in [5.41, 5.74) is 0.731. The molecule has 0 bridgehead atoms. The van der Waals surface area contributed by atoms with Gasteiger partial charge >= 0.3 is 5.97 Å². The van der Waals surface area contributed by atoms with E-state index in [0.717, 1.165) is 0 Å². The molecule has 0 aliphatic carbocycles. The number of hydrogen-bond acceptors (Lipinski definition) is 5. The Morgan fingerprint density at radius 1 is 1.47 bits per heavy atom. The lowest BCUT2D eigenvalue weighted by Crippen LogP contribution is -2.41. The smallest absolute Gasteiger partial charge is 0.326 e. The van der Waals surface area contributed by atoms with Crippen LogP contribution in [0.4, 0.5) is 0 Å². The summed E-state index contributed by atoms with van der Waals surface area (Å²) in [4.78, 5) is 23.1. The molecule has 2 N–H and O–H groups in total. The summed E-state index contributed by atoms with van der Waals surface area (Å²) < 4.78 is 9.74. The molecule has 1 aromatic heterocycles. The first-order valence-corrected chi connectivity index (χ1v) is 5.92. The molecule has 0 spiro atoms. The van der Waals surface area contributed by atoms with Crippen LogP contribution < -0.4 is 5.32 Å². The third-order valence-electron chi connectivity index (χ3n) is 2.71. The summed E-state index contributed by atoms with van der Waals surface area (Å²) in [6, 6.07) is -0.948. The Balaban J connectivity index is 2.69. The third-order valence-corrected chi connectivity index (χ3v) is 2.71. The fourth-order valence-electron chi connectivity index (χ4n) is 1.73. The van der Waals surface area contributed by atoms with Gasteiger partial charge in [-0.1, -0.05) is 5.16 Å². The van der Waals surface area contributed by atoms with Crippen molar-refractivity contribution in [2.75, 3.05) is 13.7 Å². The van der Waals surface area contributed by atoms with E-state index in [1.165, 1.54) is 7.11 Å². The van der Waals surface area contributed by atoms with Gasteiger partial charge in [0, 0.05) is 13.7 Å². The van der Waals surface area contributed by atoms with Gasteiger partial charge in [0.2, 0.25) is 0 Å². The second kappa shape index (κ2) is 6.89. The van der Waals surface area contributed by atoms with Gasteiger partial charge in [-0.2, -0.15) is 0 Å². The van der Waals surface area contributed by atoms with Gasteiger partial charge in [-0.3, -0.25) is 4.79 Å². The SMILES string of the molecule is COCCCC(NC(=O)c1c(C)noc1C)C(=O)O. The first-order valence-electron chi connectivity index (χ1n) is 5.92. The summed E-state index contributed by atoms with van der Waals surface area (Å²) >= 11 is 0. The standard InChI is InChI=1S/C12H18N2O5/c1-7-10(8(2)19-14-7)11(15)13-9(12(16)17)5-4-6-18-3/h9H,4-6H2,1-3H3,(H,13,15)(H,16,17). The van der Waals surface area contributed by atoms with E-state index in [4.69, 9.17) is 14.4 Å². The van der Waals surface area contributed by atoms with Crippen molar-refractivity contribution in [3.05, 3.63) is 17.0 Å². The topological polar surface area (TPSA) is 102 Å². The van der Waals surface area contributed by atoms with Crippen molar-refractivity contribution >= 4 is 11.9 Å². The van der Waals surface area contributed by atoms with Crippen molar-refractivity contribution in [1.82, 2.24) is 10.5 Å². The highest BCUT2D eigenvalue weighted by Gasteiger charge is 2.24. The minimum atomic E-state index is -1.07. The maximum atomic E-state index is 12.0. The van der Waals surface area contributed by atoms with E-state index in [9.17, 15) is 9.59 Å². The Hall–Kier alpha value is -1.89. The number of nitrogens with one attached hydrogen (secondary N) is 1. The first-order chi connectivity index (χ1) is 8.97. The summed E-state index contributed by atoms with van der Waals surface area (Å²) in [5.74, 6) is -1.19. The molecule has 19 heavy (non-hydrogen) atoms. The highest BCUT2D eigenvalue weighted by molar-refractivity contribution is 5.98.